The summed E-state index contributed by atoms with van der Waals surface area (Å²) in [6.07, 6.45) is 4.45. The number of carbonyl (C=O) groups excluding carboxylic acids is 1. The first kappa shape index (κ1) is 14.5. The molecule has 0 bridgehead atoms. The van der Waals surface area contributed by atoms with E-state index in [2.05, 4.69) is 5.10 Å². The molecule has 2 aromatic rings. The fourth-order valence-corrected chi connectivity index (χ4v) is 2.81. The fourth-order valence-electron chi connectivity index (χ4n) is 2.81. The summed E-state index contributed by atoms with van der Waals surface area (Å²) in [5.41, 5.74) is 3.19. The summed E-state index contributed by atoms with van der Waals surface area (Å²) >= 11 is 0. The van der Waals surface area contributed by atoms with E-state index in [9.17, 15) is 4.79 Å². The van der Waals surface area contributed by atoms with Crippen LogP contribution in [-0.2, 0) is 9.53 Å². The second-order valence-electron chi connectivity index (χ2n) is 5.58. The van der Waals surface area contributed by atoms with Gasteiger partial charge in [-0.15, -0.1) is 0 Å². The van der Waals surface area contributed by atoms with Crippen LogP contribution in [-0.4, -0.2) is 18.2 Å². The van der Waals surface area contributed by atoms with E-state index in [0.717, 1.165) is 17.0 Å². The van der Waals surface area contributed by atoms with Gasteiger partial charge in [0.25, 0.3) is 5.91 Å². The highest BCUT2D eigenvalue weighted by Gasteiger charge is 2.35. The predicted molar refractivity (Wildman–Crippen MR) is 94.4 cm³/mol. The molecule has 24 heavy (non-hydrogen) atoms. The van der Waals surface area contributed by atoms with Gasteiger partial charge in [-0.2, -0.15) is 10.1 Å². The van der Waals surface area contributed by atoms with Crippen LogP contribution in [0.25, 0.3) is 6.08 Å². The first-order valence-corrected chi connectivity index (χ1v) is 7.90. The molecule has 0 aliphatic carbocycles. The van der Waals surface area contributed by atoms with Gasteiger partial charge in [0.15, 0.2) is 0 Å². The van der Waals surface area contributed by atoms with Crippen LogP contribution in [0, 0.1) is 0 Å². The Morgan fingerprint density at radius 3 is 2.42 bits per heavy atom. The molecular formula is C20H16N2O2. The van der Waals surface area contributed by atoms with Crippen molar-refractivity contribution in [3.05, 3.63) is 83.6 Å². The Bertz CT molecular complexity index is 852. The smallest absolute Gasteiger partial charge is 0.284 e. The number of anilines is 1. The third-order valence-corrected chi connectivity index (χ3v) is 3.99. The lowest BCUT2D eigenvalue weighted by Crippen LogP contribution is -2.24. The summed E-state index contributed by atoms with van der Waals surface area (Å²) in [5.74, 6) is 0.455. The van der Waals surface area contributed by atoms with Gasteiger partial charge in [-0.1, -0.05) is 54.6 Å². The second kappa shape index (κ2) is 6.16. The van der Waals surface area contributed by atoms with Gasteiger partial charge in [-0.3, -0.25) is 4.79 Å². The Morgan fingerprint density at radius 1 is 0.958 bits per heavy atom. The van der Waals surface area contributed by atoms with Crippen molar-refractivity contribution in [2.24, 2.45) is 5.10 Å². The number of allylic oxidation sites excluding steroid dienone is 1. The molecule has 4 heteroatoms. The van der Waals surface area contributed by atoms with Gasteiger partial charge in [-0.05, 0) is 23.8 Å². The standard InChI is InChI=1S/C20H16N2O2/c23-20-19-17(21-22(20)16-9-5-2-6-10-16)13-14-24-18(19)12-11-15-7-3-1-4-8-15/h1-12H,13-14H2/b12-11-. The first-order valence-electron chi connectivity index (χ1n) is 7.90. The Kier molecular flexibility index (Phi) is 3.71. The highest BCUT2D eigenvalue weighted by atomic mass is 16.5. The Labute approximate surface area is 140 Å². The molecule has 0 spiro atoms. The summed E-state index contributed by atoms with van der Waals surface area (Å²) in [5, 5.41) is 5.95. The molecule has 1 amide bonds. The molecule has 0 N–H and O–H groups in total. The molecule has 0 saturated carbocycles. The topological polar surface area (TPSA) is 41.9 Å². The summed E-state index contributed by atoms with van der Waals surface area (Å²) in [7, 11) is 0. The predicted octanol–water partition coefficient (Wildman–Crippen LogP) is 3.78. The minimum absolute atomic E-state index is 0.136. The lowest BCUT2D eigenvalue weighted by molar-refractivity contribution is -0.114. The van der Waals surface area contributed by atoms with Crippen LogP contribution < -0.4 is 5.01 Å². The van der Waals surface area contributed by atoms with Gasteiger partial charge in [-0.25, -0.2) is 0 Å². The SMILES string of the molecule is O=C1C2=C(/C=C\c3ccccc3)OCCC2=NN1c1ccccc1. The molecule has 0 radical (unpaired) electrons. The number of hydrogen-bond acceptors (Lipinski definition) is 3. The van der Waals surface area contributed by atoms with E-state index in [1.54, 1.807) is 0 Å². The van der Waals surface area contributed by atoms with Crippen molar-refractivity contribution in [1.82, 2.24) is 0 Å². The maximum Gasteiger partial charge on any atom is 0.284 e. The van der Waals surface area contributed by atoms with E-state index in [-0.39, 0.29) is 5.91 Å². The molecule has 118 valence electrons. The van der Waals surface area contributed by atoms with Crippen molar-refractivity contribution in [3.8, 4) is 0 Å². The van der Waals surface area contributed by atoms with Gasteiger partial charge in [0, 0.05) is 6.42 Å². The number of para-hydroxylation sites is 1. The van der Waals surface area contributed by atoms with E-state index in [1.807, 2.05) is 72.8 Å². The van der Waals surface area contributed by atoms with Crippen molar-refractivity contribution in [1.29, 1.82) is 0 Å². The summed E-state index contributed by atoms with van der Waals surface area (Å²) < 4.78 is 5.73. The number of rotatable bonds is 3. The maximum absolute atomic E-state index is 12.8. The number of hydrazone groups is 1. The number of hydrogen-bond donors (Lipinski definition) is 0. The second-order valence-corrected chi connectivity index (χ2v) is 5.58. The van der Waals surface area contributed by atoms with Crippen LogP contribution in [0.3, 0.4) is 0 Å². The van der Waals surface area contributed by atoms with Crippen LogP contribution >= 0.6 is 0 Å². The van der Waals surface area contributed by atoms with Crippen LogP contribution in [0.5, 0.6) is 0 Å². The maximum atomic E-state index is 12.8. The molecule has 2 heterocycles. The average Bonchev–Trinajstić information content (AvgIpc) is 2.99. The molecule has 4 nitrogen and oxygen atoms in total. The number of amides is 1. The molecule has 0 saturated heterocycles. The van der Waals surface area contributed by atoms with Crippen LogP contribution in [0.1, 0.15) is 12.0 Å². The van der Waals surface area contributed by atoms with Gasteiger partial charge in [0.05, 0.1) is 18.0 Å². The normalized spacial score (nSPS) is 17.1. The average molecular weight is 316 g/mol. The van der Waals surface area contributed by atoms with E-state index in [1.165, 1.54) is 5.01 Å². The highest BCUT2D eigenvalue weighted by Crippen LogP contribution is 2.30. The molecule has 0 aromatic heterocycles. The Morgan fingerprint density at radius 2 is 1.67 bits per heavy atom. The zero-order chi connectivity index (χ0) is 16.4. The Balaban J connectivity index is 1.69. The van der Waals surface area contributed by atoms with Gasteiger partial charge < -0.3 is 4.74 Å². The van der Waals surface area contributed by atoms with Crippen LogP contribution in [0.4, 0.5) is 5.69 Å². The van der Waals surface area contributed by atoms with Gasteiger partial charge in [0.2, 0.25) is 0 Å². The summed E-state index contributed by atoms with van der Waals surface area (Å²) in [6.45, 7) is 0.534. The third-order valence-electron chi connectivity index (χ3n) is 3.99. The fraction of sp³-hybridized carbons (Fsp3) is 0.100. The molecular weight excluding hydrogens is 300 g/mol. The van der Waals surface area contributed by atoms with E-state index in [0.29, 0.717) is 24.4 Å². The van der Waals surface area contributed by atoms with Crippen molar-refractivity contribution in [2.75, 3.05) is 11.6 Å². The number of benzene rings is 2. The molecule has 0 atom stereocenters. The number of ether oxygens (including phenoxy) is 1. The lowest BCUT2D eigenvalue weighted by atomic mass is 10.0. The summed E-state index contributed by atoms with van der Waals surface area (Å²) in [6, 6.07) is 19.4. The highest BCUT2D eigenvalue weighted by molar-refractivity contribution is 6.31. The molecule has 4 rings (SSSR count). The first-order chi connectivity index (χ1) is 11.8. The van der Waals surface area contributed by atoms with Crippen LogP contribution in [0.15, 0.2) is 83.2 Å². The zero-order valence-electron chi connectivity index (χ0n) is 13.1. The molecule has 2 aliphatic heterocycles. The van der Waals surface area contributed by atoms with Crippen molar-refractivity contribution >= 4 is 23.4 Å². The van der Waals surface area contributed by atoms with E-state index in [4.69, 9.17) is 4.74 Å². The molecule has 0 unspecified atom stereocenters. The Hall–Kier alpha value is -3.14. The lowest BCUT2D eigenvalue weighted by Gasteiger charge is -2.16. The molecule has 0 fully saturated rings. The monoisotopic (exact) mass is 316 g/mol. The van der Waals surface area contributed by atoms with E-state index < -0.39 is 0 Å². The van der Waals surface area contributed by atoms with Gasteiger partial charge in [0.1, 0.15) is 11.3 Å². The third kappa shape index (κ3) is 2.63. The van der Waals surface area contributed by atoms with E-state index >= 15 is 0 Å². The largest absolute Gasteiger partial charge is 0.492 e. The number of carbonyl (C=O) groups is 1. The summed E-state index contributed by atoms with van der Waals surface area (Å²) in [4.78, 5) is 12.8. The van der Waals surface area contributed by atoms with Crippen LogP contribution in [0.2, 0.25) is 0 Å². The molecule has 2 aromatic carbocycles. The number of fused-ring (bicyclic) bond motifs is 1. The minimum atomic E-state index is -0.136. The molecule has 2 aliphatic rings. The zero-order valence-corrected chi connectivity index (χ0v) is 13.1. The van der Waals surface area contributed by atoms with Crippen molar-refractivity contribution in [3.63, 3.8) is 0 Å². The van der Waals surface area contributed by atoms with Gasteiger partial charge >= 0.3 is 0 Å². The minimum Gasteiger partial charge on any atom is -0.492 e. The number of nitrogens with zero attached hydrogens (tertiary/aromatic N) is 2. The quantitative estimate of drug-likeness (QED) is 0.865. The van der Waals surface area contributed by atoms with Crippen molar-refractivity contribution < 1.29 is 9.53 Å². The van der Waals surface area contributed by atoms with Crippen molar-refractivity contribution in [2.45, 2.75) is 6.42 Å².